The summed E-state index contributed by atoms with van der Waals surface area (Å²) in [4.78, 5) is 23.8. The van der Waals surface area contributed by atoms with E-state index in [-0.39, 0.29) is 6.54 Å². The minimum atomic E-state index is -0.664. The van der Waals surface area contributed by atoms with E-state index in [9.17, 15) is 9.59 Å². The molecule has 0 unspecified atom stereocenters. The van der Waals surface area contributed by atoms with Crippen molar-refractivity contribution >= 4 is 29.6 Å². The first kappa shape index (κ1) is 22.1. The zero-order valence-electron chi connectivity index (χ0n) is 16.4. The molecular weight excluding hydrogens is 398 g/mol. The van der Waals surface area contributed by atoms with Crippen molar-refractivity contribution in [3.05, 3.63) is 58.6 Å². The molecule has 8 heteroatoms. The zero-order valence-corrected chi connectivity index (χ0v) is 17.1. The van der Waals surface area contributed by atoms with Crippen molar-refractivity contribution in [1.29, 1.82) is 0 Å². The van der Waals surface area contributed by atoms with Gasteiger partial charge < -0.3 is 24.3 Å². The van der Waals surface area contributed by atoms with Gasteiger partial charge in [-0.05, 0) is 29.8 Å². The Morgan fingerprint density at radius 1 is 1.03 bits per heavy atom. The number of rotatable bonds is 9. The maximum atomic E-state index is 11.9. The van der Waals surface area contributed by atoms with Gasteiger partial charge in [-0.15, -0.1) is 0 Å². The number of nitrogens with one attached hydrogen (secondary N) is 1. The molecular formula is C21H22ClNO6. The van der Waals surface area contributed by atoms with E-state index in [0.29, 0.717) is 27.8 Å². The summed E-state index contributed by atoms with van der Waals surface area (Å²) >= 11 is 6.12. The standard InChI is InChI=1S/C21H22ClNO6/c1-26-17-7-5-4-6-15(17)12-23-19(24)13-29-20(25)9-8-14-10-16(22)21(28-3)18(11-14)27-2/h4-11H,12-13H2,1-3H3,(H,23,24)/b9-8+. The summed E-state index contributed by atoms with van der Waals surface area (Å²) in [6, 6.07) is 10.6. The van der Waals surface area contributed by atoms with Gasteiger partial charge in [0.05, 0.1) is 26.4 Å². The average Bonchev–Trinajstić information content (AvgIpc) is 2.74. The van der Waals surface area contributed by atoms with Gasteiger partial charge in [0, 0.05) is 18.2 Å². The number of hydrogen-bond acceptors (Lipinski definition) is 6. The first-order valence-electron chi connectivity index (χ1n) is 8.63. The summed E-state index contributed by atoms with van der Waals surface area (Å²) < 4.78 is 20.5. The van der Waals surface area contributed by atoms with E-state index < -0.39 is 18.5 Å². The largest absolute Gasteiger partial charge is 0.496 e. The van der Waals surface area contributed by atoms with Crippen molar-refractivity contribution in [3.8, 4) is 17.2 Å². The van der Waals surface area contributed by atoms with E-state index in [2.05, 4.69) is 5.32 Å². The molecule has 2 rings (SSSR count). The summed E-state index contributed by atoms with van der Waals surface area (Å²) in [7, 11) is 4.52. The Kier molecular flexibility index (Phi) is 8.36. The van der Waals surface area contributed by atoms with Crippen molar-refractivity contribution in [1.82, 2.24) is 5.32 Å². The molecule has 0 saturated carbocycles. The Balaban J connectivity index is 1.86. The van der Waals surface area contributed by atoms with Gasteiger partial charge >= 0.3 is 5.97 Å². The number of esters is 1. The van der Waals surface area contributed by atoms with Gasteiger partial charge in [0.25, 0.3) is 5.91 Å². The molecule has 2 aromatic carbocycles. The van der Waals surface area contributed by atoms with E-state index in [1.807, 2.05) is 18.2 Å². The molecule has 0 spiro atoms. The Bertz CT molecular complexity index is 897. The molecule has 0 atom stereocenters. The van der Waals surface area contributed by atoms with E-state index >= 15 is 0 Å². The van der Waals surface area contributed by atoms with Gasteiger partial charge in [0.1, 0.15) is 5.75 Å². The van der Waals surface area contributed by atoms with Crippen molar-refractivity contribution in [2.75, 3.05) is 27.9 Å². The molecule has 0 aromatic heterocycles. The third-order valence-corrected chi connectivity index (χ3v) is 4.16. The number of carbonyl (C=O) groups excluding carboxylic acids is 2. The molecule has 0 aliphatic heterocycles. The number of carbonyl (C=O) groups is 2. The molecule has 0 heterocycles. The smallest absolute Gasteiger partial charge is 0.331 e. The van der Waals surface area contributed by atoms with Crippen LogP contribution < -0.4 is 19.5 Å². The number of hydrogen-bond donors (Lipinski definition) is 1. The highest BCUT2D eigenvalue weighted by atomic mass is 35.5. The minimum absolute atomic E-state index is 0.264. The van der Waals surface area contributed by atoms with E-state index in [1.165, 1.54) is 26.4 Å². The third-order valence-electron chi connectivity index (χ3n) is 3.88. The van der Waals surface area contributed by atoms with Gasteiger partial charge in [0.15, 0.2) is 18.1 Å². The molecule has 1 amide bonds. The fourth-order valence-corrected chi connectivity index (χ4v) is 2.77. The third kappa shape index (κ3) is 6.43. The van der Waals surface area contributed by atoms with Crippen LogP contribution in [-0.2, 0) is 20.9 Å². The summed E-state index contributed by atoms with van der Waals surface area (Å²) in [5.74, 6) is 0.417. The van der Waals surface area contributed by atoms with Gasteiger partial charge in [0.2, 0.25) is 0 Å². The minimum Gasteiger partial charge on any atom is -0.496 e. The van der Waals surface area contributed by atoms with Crippen molar-refractivity contribution in [2.24, 2.45) is 0 Å². The molecule has 0 aliphatic carbocycles. The average molecular weight is 420 g/mol. The first-order valence-corrected chi connectivity index (χ1v) is 9.01. The van der Waals surface area contributed by atoms with Gasteiger partial charge in [-0.3, -0.25) is 4.79 Å². The number of methoxy groups -OCH3 is 3. The SMILES string of the molecule is COc1ccccc1CNC(=O)COC(=O)/C=C/c1cc(Cl)c(OC)c(OC)c1. The molecule has 0 fully saturated rings. The molecule has 29 heavy (non-hydrogen) atoms. The number of amides is 1. The fraction of sp³-hybridized carbons (Fsp3) is 0.238. The second-order valence-electron chi connectivity index (χ2n) is 5.77. The monoisotopic (exact) mass is 419 g/mol. The van der Waals surface area contributed by atoms with Crippen LogP contribution in [0.3, 0.4) is 0 Å². The van der Waals surface area contributed by atoms with Crippen LogP contribution in [0.2, 0.25) is 5.02 Å². The predicted molar refractivity (Wildman–Crippen MR) is 109 cm³/mol. The Hall–Kier alpha value is -3.19. The number of halogens is 1. The molecule has 0 saturated heterocycles. The number of benzene rings is 2. The lowest BCUT2D eigenvalue weighted by molar-refractivity contribution is -0.143. The van der Waals surface area contributed by atoms with Crippen LogP contribution in [0.5, 0.6) is 17.2 Å². The summed E-state index contributed by atoms with van der Waals surface area (Å²) in [6.07, 6.45) is 2.70. The number of para-hydroxylation sites is 1. The highest BCUT2D eigenvalue weighted by molar-refractivity contribution is 6.32. The molecule has 154 valence electrons. The van der Waals surface area contributed by atoms with E-state index in [4.69, 9.17) is 30.5 Å². The molecule has 0 aliphatic rings. The normalized spacial score (nSPS) is 10.5. The summed E-state index contributed by atoms with van der Waals surface area (Å²) in [5, 5.41) is 3.01. The zero-order chi connectivity index (χ0) is 21.2. The Morgan fingerprint density at radius 3 is 2.45 bits per heavy atom. The topological polar surface area (TPSA) is 83.1 Å². The van der Waals surface area contributed by atoms with Crippen molar-refractivity contribution < 1.29 is 28.5 Å². The van der Waals surface area contributed by atoms with Gasteiger partial charge in [-0.2, -0.15) is 0 Å². The predicted octanol–water partition coefficient (Wildman–Crippen LogP) is 3.24. The van der Waals surface area contributed by atoms with Gasteiger partial charge in [-0.1, -0.05) is 29.8 Å². The summed E-state index contributed by atoms with van der Waals surface area (Å²) in [5.41, 5.74) is 1.44. The van der Waals surface area contributed by atoms with Crippen molar-refractivity contribution in [3.63, 3.8) is 0 Å². The highest BCUT2D eigenvalue weighted by Crippen LogP contribution is 2.36. The molecule has 2 aromatic rings. The number of ether oxygens (including phenoxy) is 4. The maximum Gasteiger partial charge on any atom is 0.331 e. The van der Waals surface area contributed by atoms with E-state index in [0.717, 1.165) is 5.56 Å². The quantitative estimate of drug-likeness (QED) is 0.496. The molecule has 0 radical (unpaired) electrons. The second-order valence-corrected chi connectivity index (χ2v) is 6.18. The fourth-order valence-electron chi connectivity index (χ4n) is 2.48. The summed E-state index contributed by atoms with van der Waals surface area (Å²) in [6.45, 7) is -0.134. The maximum absolute atomic E-state index is 11.9. The van der Waals surface area contributed by atoms with Crippen LogP contribution in [-0.4, -0.2) is 39.8 Å². The van der Waals surface area contributed by atoms with Crippen LogP contribution in [0.1, 0.15) is 11.1 Å². The van der Waals surface area contributed by atoms with Crippen LogP contribution in [0.4, 0.5) is 0 Å². The second kappa shape index (κ2) is 11.0. The Morgan fingerprint density at radius 2 is 1.76 bits per heavy atom. The van der Waals surface area contributed by atoms with Gasteiger partial charge in [-0.25, -0.2) is 4.79 Å². The van der Waals surface area contributed by atoms with Crippen molar-refractivity contribution in [2.45, 2.75) is 6.54 Å². The van der Waals surface area contributed by atoms with Crippen LogP contribution in [0.15, 0.2) is 42.5 Å². The lowest BCUT2D eigenvalue weighted by Gasteiger charge is -2.10. The van der Waals surface area contributed by atoms with Crippen LogP contribution in [0.25, 0.3) is 6.08 Å². The molecule has 0 bridgehead atoms. The van der Waals surface area contributed by atoms with E-state index in [1.54, 1.807) is 25.3 Å². The molecule has 1 N–H and O–H groups in total. The highest BCUT2D eigenvalue weighted by Gasteiger charge is 2.11. The Labute approximate surface area is 174 Å². The lowest BCUT2D eigenvalue weighted by Crippen LogP contribution is -2.28. The van der Waals surface area contributed by atoms with Crippen LogP contribution in [0, 0.1) is 0 Å². The lowest BCUT2D eigenvalue weighted by atomic mass is 10.2. The molecule has 7 nitrogen and oxygen atoms in total. The first-order chi connectivity index (χ1) is 14.0. The van der Waals surface area contributed by atoms with Crippen LogP contribution >= 0.6 is 11.6 Å².